The maximum absolute atomic E-state index is 2.38. The summed E-state index contributed by atoms with van der Waals surface area (Å²) in [6, 6.07) is 0. The fraction of sp³-hybridized carbons (Fsp3) is 1.00. The molecule has 0 aliphatic rings. The first-order chi connectivity index (χ1) is 4.00. The van der Waals surface area contributed by atoms with Gasteiger partial charge in [0, 0.05) is 0 Å². The molecule has 0 saturated carbocycles. The predicted molar refractivity (Wildman–Crippen MR) is 46.9 cm³/mol. The van der Waals surface area contributed by atoms with Crippen LogP contribution in [0.1, 0.15) is 0 Å². The Labute approximate surface area is 95.5 Å². The van der Waals surface area contributed by atoms with Gasteiger partial charge in [0.25, 0.3) is 0 Å². The van der Waals surface area contributed by atoms with E-state index in [1.807, 2.05) is 0 Å². The molecule has 68 valence electrons. The van der Waals surface area contributed by atoms with Gasteiger partial charge in [-0.25, -0.2) is 0 Å². The third kappa shape index (κ3) is 272. The summed E-state index contributed by atoms with van der Waals surface area (Å²) in [6.45, 7) is 0. The van der Waals surface area contributed by atoms with Crippen molar-refractivity contribution in [1.29, 1.82) is 0 Å². The molecular formula is C8H24Ti3. The topological polar surface area (TPSA) is 0 Å². The van der Waals surface area contributed by atoms with Crippen LogP contribution >= 0.6 is 0 Å². The Kier molecular flexibility index (Phi) is 12.9. The Balaban J connectivity index is -0.000000107. The van der Waals surface area contributed by atoms with Crippen LogP contribution in [0.4, 0.5) is 0 Å². The first-order valence-electron chi connectivity index (χ1n) is 4.00. The van der Waals surface area contributed by atoms with Crippen LogP contribution in [-0.4, -0.2) is 0 Å². The van der Waals surface area contributed by atoms with Gasteiger partial charge in [-0.2, -0.15) is 0 Å². The first kappa shape index (κ1) is 18.8. The van der Waals surface area contributed by atoms with Gasteiger partial charge in [0.1, 0.15) is 0 Å². The van der Waals surface area contributed by atoms with Crippen molar-refractivity contribution >= 4 is 0 Å². The Morgan fingerprint density at radius 3 is 0.455 bits per heavy atom. The zero-order valence-electron chi connectivity index (χ0n) is 9.50. The predicted octanol–water partition coefficient (Wildman–Crippen LogP) is 4.66. The molecule has 0 heterocycles. The minimum absolute atomic E-state index is 0. The van der Waals surface area contributed by atoms with Crippen molar-refractivity contribution in [3.05, 3.63) is 0 Å². The van der Waals surface area contributed by atoms with E-state index in [2.05, 4.69) is 41.8 Å². The largest absolute Gasteiger partial charge is 4.00 e. The molecule has 0 N–H and O–H groups in total. The first-order valence-corrected chi connectivity index (χ1v) is 16.5. The van der Waals surface area contributed by atoms with Crippen LogP contribution in [0.3, 0.4) is 0 Å². The summed E-state index contributed by atoms with van der Waals surface area (Å²) in [6.07, 6.45) is 0. The van der Waals surface area contributed by atoms with E-state index in [1.165, 1.54) is 0 Å². The number of hydrogen-bond donors (Lipinski definition) is 0. The number of rotatable bonds is 0. The fourth-order valence-electron chi connectivity index (χ4n) is 0. The Morgan fingerprint density at radius 2 is 0.455 bits per heavy atom. The van der Waals surface area contributed by atoms with Gasteiger partial charge in [-0.3, -0.25) is 0 Å². The van der Waals surface area contributed by atoms with Gasteiger partial charge in [0.15, 0.2) is 0 Å². The molecule has 0 aliphatic carbocycles. The standard InChI is InChI=1S/8CH3.3Ti/h8*1H3;;;/q;;;;;;;;2*-2;+4. The zero-order valence-corrected chi connectivity index (χ0v) is 14.2. The van der Waals surface area contributed by atoms with Crippen LogP contribution in [0.15, 0.2) is 0 Å². The van der Waals surface area contributed by atoms with Crippen LogP contribution in [-0.2, 0) is 54.9 Å². The molecule has 11 heavy (non-hydrogen) atoms. The second-order valence-electron chi connectivity index (χ2n) is 6.00. The molecule has 0 aromatic heterocycles. The Morgan fingerprint density at radius 1 is 0.455 bits per heavy atom. The van der Waals surface area contributed by atoms with Gasteiger partial charge in [0.05, 0.1) is 0 Å². The summed E-state index contributed by atoms with van der Waals surface area (Å²) in [5, 5.41) is 19.0. The van der Waals surface area contributed by atoms with Crippen molar-refractivity contribution in [1.82, 2.24) is 0 Å². The van der Waals surface area contributed by atoms with Crippen LogP contribution in [0.25, 0.3) is 0 Å². The van der Waals surface area contributed by atoms with Crippen LogP contribution in [0, 0.1) is 0 Å². The van der Waals surface area contributed by atoms with Gasteiger partial charge in [0.2, 0.25) is 0 Å². The second-order valence-corrected chi connectivity index (χ2v) is 24.7. The molecule has 0 aromatic rings. The molecule has 0 bridgehead atoms. The van der Waals surface area contributed by atoms with Gasteiger partial charge >= 0.3 is 96.7 Å². The molecular weight excluding hydrogens is 240 g/mol. The van der Waals surface area contributed by atoms with Crippen LogP contribution in [0.2, 0.25) is 41.8 Å². The van der Waals surface area contributed by atoms with Gasteiger partial charge in [-0.15, -0.1) is 0 Å². The van der Waals surface area contributed by atoms with Crippen LogP contribution < -0.4 is 0 Å². The van der Waals surface area contributed by atoms with E-state index in [0.29, 0.717) is 0 Å². The van der Waals surface area contributed by atoms with Crippen molar-refractivity contribution in [2.24, 2.45) is 0 Å². The van der Waals surface area contributed by atoms with Crippen molar-refractivity contribution in [3.8, 4) is 0 Å². The molecule has 0 atom stereocenters. The molecule has 0 aliphatic heterocycles. The summed E-state index contributed by atoms with van der Waals surface area (Å²) < 4.78 is 0. The molecule has 0 unspecified atom stereocenters. The zero-order chi connectivity index (χ0) is 9.00. The Bertz CT molecular complexity index is 52.3. The van der Waals surface area contributed by atoms with E-state index in [9.17, 15) is 0 Å². The maximum Gasteiger partial charge on any atom is 4.00 e. The van der Waals surface area contributed by atoms with Crippen molar-refractivity contribution in [2.45, 2.75) is 41.8 Å². The van der Waals surface area contributed by atoms with E-state index in [1.54, 1.807) is 0 Å². The molecule has 0 aromatic carbocycles. The van der Waals surface area contributed by atoms with E-state index < -0.39 is 33.2 Å². The summed E-state index contributed by atoms with van der Waals surface area (Å²) in [5.41, 5.74) is 0. The molecule has 3 heteroatoms. The minimum atomic E-state index is -1.00. The summed E-state index contributed by atoms with van der Waals surface area (Å²) in [4.78, 5) is 0. The molecule has 0 amide bonds. The summed E-state index contributed by atoms with van der Waals surface area (Å²) >= 11 is -2.00. The molecule has 0 fully saturated rings. The third-order valence-corrected chi connectivity index (χ3v) is 0. The van der Waals surface area contributed by atoms with Crippen molar-refractivity contribution < 1.29 is 54.9 Å². The Hall–Kier alpha value is 2.14. The van der Waals surface area contributed by atoms with E-state index in [4.69, 9.17) is 0 Å². The van der Waals surface area contributed by atoms with E-state index in [-0.39, 0.29) is 21.7 Å². The summed E-state index contributed by atoms with van der Waals surface area (Å²) in [7, 11) is 0. The van der Waals surface area contributed by atoms with E-state index >= 15 is 0 Å². The fourth-order valence-corrected chi connectivity index (χ4v) is 0. The normalized spacial score (nSPS) is 13.8. The number of hydrogen-bond acceptors (Lipinski definition) is 0. The smallest absolute Gasteiger partial charge is 4.00 e. The monoisotopic (exact) mass is 264 g/mol. The molecule has 0 nitrogen and oxygen atoms in total. The average molecular weight is 264 g/mol. The SMILES string of the molecule is [CH3][Ti-2]([CH3])([CH3])[CH3].[CH3][Ti-2]([CH3])([CH3])[CH3].[Ti+4]. The van der Waals surface area contributed by atoms with Gasteiger partial charge < -0.3 is 0 Å². The second kappa shape index (κ2) is 7.54. The third-order valence-electron chi connectivity index (χ3n) is 0. The van der Waals surface area contributed by atoms with E-state index in [0.717, 1.165) is 0 Å². The van der Waals surface area contributed by atoms with Crippen molar-refractivity contribution in [2.75, 3.05) is 0 Å². The molecule has 0 radical (unpaired) electrons. The van der Waals surface area contributed by atoms with Crippen LogP contribution in [0.5, 0.6) is 0 Å². The molecule has 0 saturated heterocycles. The van der Waals surface area contributed by atoms with Gasteiger partial charge in [-0.1, -0.05) is 0 Å². The average Bonchev–Trinajstić information content (AvgIpc) is 1.12. The molecule has 0 spiro atoms. The minimum Gasteiger partial charge on any atom is 4.00 e. The quantitative estimate of drug-likeness (QED) is 0.558. The molecule has 0 rings (SSSR count). The van der Waals surface area contributed by atoms with Crippen molar-refractivity contribution in [3.63, 3.8) is 0 Å². The summed E-state index contributed by atoms with van der Waals surface area (Å²) in [5.74, 6) is 0. The van der Waals surface area contributed by atoms with Gasteiger partial charge in [-0.05, 0) is 0 Å². The maximum atomic E-state index is 2.38.